The Labute approximate surface area is 605 Å². The number of esters is 4. The van der Waals surface area contributed by atoms with Crippen molar-refractivity contribution in [3.63, 3.8) is 0 Å². The molecule has 586 valence electrons. The molecule has 0 aromatic rings. The molecule has 0 amide bonds. The van der Waals surface area contributed by atoms with Gasteiger partial charge in [0.05, 0.1) is 85.9 Å². The summed E-state index contributed by atoms with van der Waals surface area (Å²) in [5, 5.41) is 31.9. The Balaban J connectivity index is -0.00000120. The van der Waals surface area contributed by atoms with Crippen LogP contribution in [0.1, 0.15) is 381 Å². The number of fused-ring (bicyclic) bond motifs is 2. The van der Waals surface area contributed by atoms with Crippen molar-refractivity contribution in [2.45, 2.75) is 470 Å². The van der Waals surface area contributed by atoms with E-state index in [1.807, 2.05) is 0 Å². The van der Waals surface area contributed by atoms with Gasteiger partial charge in [-0.15, -0.1) is 0 Å². The third kappa shape index (κ3) is 27.9. The van der Waals surface area contributed by atoms with Crippen LogP contribution >= 0.6 is 0 Å². The largest absolute Gasteiger partial charge is 0.459 e. The summed E-state index contributed by atoms with van der Waals surface area (Å²) in [7, 11) is 0. The molecule has 0 aromatic heterocycles. The van der Waals surface area contributed by atoms with Crippen LogP contribution in [0, 0.1) is 41.4 Å². The summed E-state index contributed by atoms with van der Waals surface area (Å²) in [4.78, 5) is 49.2. The lowest BCUT2D eigenvalue weighted by Gasteiger charge is -2.36. The molecule has 4 saturated heterocycles. The van der Waals surface area contributed by atoms with Gasteiger partial charge in [-0.1, -0.05) is 136 Å². The average molecular weight is 1400 g/mol. The molecule has 18 atom stereocenters. The maximum Gasteiger partial charge on any atom is 0.309 e. The Morgan fingerprint density at radius 3 is 1.47 bits per heavy atom. The van der Waals surface area contributed by atoms with Crippen molar-refractivity contribution in [2.75, 3.05) is 0 Å². The van der Waals surface area contributed by atoms with Crippen molar-refractivity contribution in [1.82, 2.24) is 0 Å². The Kier molecular flexibility index (Phi) is 47.3. The second-order valence-corrected chi connectivity index (χ2v) is 30.7. The van der Waals surface area contributed by atoms with Crippen LogP contribution in [0.5, 0.6) is 0 Å². The lowest BCUT2D eigenvalue weighted by molar-refractivity contribution is -0.172. The van der Waals surface area contributed by atoms with Gasteiger partial charge < -0.3 is 53.2 Å². The standard InChI is InChI=1S/C20H34O4.C20H36O4.C18H32O4.C17H30O3.8CH4/c1-4-17-10-14(18(5-2)23-17)9-16(21)11-19(22)24-20(3)12-13-6-7-15(20)8-13;1-6-15-12-16(17(7-2)23-15)19(5,22)13-18(21)24-20(14(3)4)10-8-9-11-20;1-4-13-11-14(16(5-2)21-13)15(19)12-17(20)22-18(6-3)9-7-8-10-18;1-4-14-12-13(15(5-2)19-14)8-9-16(18)20-17(3)10-6-7-11-17;;;;;;;;/h13-18,21H,4-12H2,1-3H3;14-17,22H,6-13H2,1-5H3;13-16,19H,4-12H2,1-3H3;13-15H,4-12H2,1-3H3;8*1H4. The zero-order valence-electron chi connectivity index (χ0n) is 59.3. The third-order valence-corrected chi connectivity index (χ3v) is 23.7. The van der Waals surface area contributed by atoms with Gasteiger partial charge in [0.1, 0.15) is 22.4 Å². The van der Waals surface area contributed by atoms with Crippen LogP contribution in [0.2, 0.25) is 0 Å². The van der Waals surface area contributed by atoms with E-state index in [2.05, 4.69) is 90.0 Å². The molecule has 9 rings (SSSR count). The van der Waals surface area contributed by atoms with E-state index in [1.54, 1.807) is 6.92 Å². The number of hydrogen-bond acceptors (Lipinski definition) is 15. The fourth-order valence-electron chi connectivity index (χ4n) is 17.9. The Bertz CT molecular complexity index is 2150. The van der Waals surface area contributed by atoms with Crippen molar-refractivity contribution in [2.24, 2.45) is 41.4 Å². The molecule has 9 aliphatic rings. The number of ether oxygens (including phenoxy) is 8. The van der Waals surface area contributed by atoms with Crippen LogP contribution in [-0.4, -0.2) is 128 Å². The lowest BCUT2D eigenvalue weighted by Crippen LogP contribution is -2.44. The summed E-state index contributed by atoms with van der Waals surface area (Å²) < 4.78 is 47.2. The van der Waals surface area contributed by atoms with Crippen LogP contribution in [0.15, 0.2) is 0 Å². The van der Waals surface area contributed by atoms with E-state index in [9.17, 15) is 34.5 Å². The first-order valence-electron chi connectivity index (χ1n) is 37.3. The van der Waals surface area contributed by atoms with Crippen molar-refractivity contribution in [3.8, 4) is 0 Å². The molecule has 15 heteroatoms. The van der Waals surface area contributed by atoms with E-state index in [1.165, 1.54) is 32.1 Å². The van der Waals surface area contributed by atoms with Crippen molar-refractivity contribution in [3.05, 3.63) is 0 Å². The maximum absolute atomic E-state index is 12.6. The second-order valence-electron chi connectivity index (χ2n) is 30.7. The van der Waals surface area contributed by atoms with E-state index in [4.69, 9.17) is 37.9 Å². The number of aliphatic hydroxyl groups is 3. The number of aliphatic hydroxyl groups excluding tert-OH is 2. The zero-order valence-corrected chi connectivity index (χ0v) is 59.3. The van der Waals surface area contributed by atoms with Gasteiger partial charge in [-0.25, -0.2) is 0 Å². The van der Waals surface area contributed by atoms with Crippen molar-refractivity contribution < 1.29 is 72.4 Å². The van der Waals surface area contributed by atoms with E-state index >= 15 is 0 Å². The lowest BCUT2D eigenvalue weighted by atomic mass is 9.79. The van der Waals surface area contributed by atoms with Crippen LogP contribution in [0.4, 0.5) is 0 Å². The molecule has 0 aromatic carbocycles. The highest BCUT2D eigenvalue weighted by Gasteiger charge is 2.52. The minimum Gasteiger partial charge on any atom is -0.459 e. The van der Waals surface area contributed by atoms with Gasteiger partial charge in [-0.2, -0.15) is 0 Å². The second kappa shape index (κ2) is 46.4. The number of carbonyl (C=O) groups is 4. The summed E-state index contributed by atoms with van der Waals surface area (Å²) in [6.45, 7) is 29.3. The fourth-order valence-corrected chi connectivity index (χ4v) is 17.9. The van der Waals surface area contributed by atoms with E-state index in [0.29, 0.717) is 54.8 Å². The first-order valence-corrected chi connectivity index (χ1v) is 37.3. The normalized spacial score (nSPS) is 32.1. The third-order valence-electron chi connectivity index (χ3n) is 23.7. The fraction of sp³-hybridized carbons (Fsp3) is 0.952. The summed E-state index contributed by atoms with van der Waals surface area (Å²) in [6.07, 6.45) is 32.8. The van der Waals surface area contributed by atoms with Gasteiger partial charge in [-0.05, 0) is 249 Å². The van der Waals surface area contributed by atoms with Gasteiger partial charge in [0.2, 0.25) is 0 Å². The molecule has 98 heavy (non-hydrogen) atoms. The Morgan fingerprint density at radius 2 is 0.980 bits per heavy atom. The molecule has 2 bridgehead atoms. The van der Waals surface area contributed by atoms with Crippen LogP contribution < -0.4 is 0 Å². The average Bonchev–Trinajstić information content (AvgIpc) is 1.62. The highest BCUT2D eigenvalue weighted by atomic mass is 16.6. The Hall–Kier alpha value is -2.40. The molecule has 4 aliphatic heterocycles. The summed E-state index contributed by atoms with van der Waals surface area (Å²) in [6, 6.07) is 0. The van der Waals surface area contributed by atoms with Crippen molar-refractivity contribution >= 4 is 23.9 Å². The molecule has 3 N–H and O–H groups in total. The molecule has 18 unspecified atom stereocenters. The summed E-state index contributed by atoms with van der Waals surface area (Å²) in [5.41, 5.74) is -2.12. The van der Waals surface area contributed by atoms with E-state index < -0.39 is 17.8 Å². The number of carbonyl (C=O) groups excluding carboxylic acids is 4. The molecule has 5 saturated carbocycles. The van der Waals surface area contributed by atoms with Gasteiger partial charge in [0.15, 0.2) is 0 Å². The zero-order chi connectivity index (χ0) is 66.0. The highest BCUT2D eigenvalue weighted by Crippen LogP contribution is 2.53. The van der Waals surface area contributed by atoms with Crippen molar-refractivity contribution in [1.29, 1.82) is 0 Å². The smallest absolute Gasteiger partial charge is 0.309 e. The molecular formula is C83H164O15. The molecule has 15 nitrogen and oxygen atoms in total. The number of hydrogen-bond donors (Lipinski definition) is 3. The summed E-state index contributed by atoms with van der Waals surface area (Å²) in [5.74, 6) is 1.80. The van der Waals surface area contributed by atoms with Gasteiger partial charge >= 0.3 is 23.9 Å². The molecule has 4 heterocycles. The monoisotopic (exact) mass is 1400 g/mol. The number of rotatable bonds is 27. The topological polar surface area (TPSA) is 203 Å². The predicted molar refractivity (Wildman–Crippen MR) is 406 cm³/mol. The molecule has 0 spiro atoms. The van der Waals surface area contributed by atoms with Crippen LogP contribution in [0.3, 0.4) is 0 Å². The minimum absolute atomic E-state index is 0. The Morgan fingerprint density at radius 1 is 0.510 bits per heavy atom. The van der Waals surface area contributed by atoms with E-state index in [-0.39, 0.29) is 167 Å². The SMILES string of the molecule is C.C.C.C.C.C.C.C.CCC1CC(C(C)(O)CC(=O)OC2(C(C)C)CCCC2)C(CC)O1.CCC1CC(C(O)CC(=O)OC2(CC)CCCC2)C(CC)O1.CCC1CC(CC(O)CC(=O)OC2(C)CC3CCC2C3)C(CC)O1.CCC1CC(CCC(=O)OC2(C)CCCC2)C(CC)O1. The first kappa shape index (κ1) is 99.8. The minimum atomic E-state index is -1.07. The van der Waals surface area contributed by atoms with Crippen LogP contribution in [-0.2, 0) is 57.1 Å². The molecule has 9 fully saturated rings. The molecular weight excluding hydrogens is 1240 g/mol. The summed E-state index contributed by atoms with van der Waals surface area (Å²) >= 11 is 0. The highest BCUT2D eigenvalue weighted by molar-refractivity contribution is 5.72. The van der Waals surface area contributed by atoms with Gasteiger partial charge in [-0.3, -0.25) is 19.2 Å². The predicted octanol–water partition coefficient (Wildman–Crippen LogP) is 21.0. The maximum atomic E-state index is 12.6. The van der Waals surface area contributed by atoms with Gasteiger partial charge in [0, 0.05) is 18.3 Å². The van der Waals surface area contributed by atoms with Crippen LogP contribution in [0.25, 0.3) is 0 Å². The molecule has 0 radical (unpaired) electrons. The van der Waals surface area contributed by atoms with Gasteiger partial charge in [0.25, 0.3) is 0 Å². The van der Waals surface area contributed by atoms with E-state index in [0.717, 1.165) is 166 Å². The first-order chi connectivity index (χ1) is 42.8. The molecule has 5 aliphatic carbocycles. The quantitative estimate of drug-likeness (QED) is 0.0517.